The molecule has 0 bridgehead atoms. The molecule has 2 aliphatic rings. The molecule has 0 atom stereocenters. The highest BCUT2D eigenvalue weighted by molar-refractivity contribution is 6.34. The molecule has 0 aliphatic carbocycles. The number of nitrogens with two attached hydrogens (primary N) is 1. The lowest BCUT2D eigenvalue weighted by atomic mass is 10.1. The van der Waals surface area contributed by atoms with Crippen LogP contribution in [-0.4, -0.2) is 66.9 Å². The van der Waals surface area contributed by atoms with Gasteiger partial charge in [0.1, 0.15) is 0 Å². The Labute approximate surface area is 101 Å². The SMILES string of the molecule is NC1CCN(C(=O)C(=O)N2CCNCC2)CC1. The minimum atomic E-state index is -0.362. The monoisotopic (exact) mass is 240 g/mol. The number of hydrogen-bond donors (Lipinski definition) is 2. The fourth-order valence-electron chi connectivity index (χ4n) is 2.24. The van der Waals surface area contributed by atoms with Gasteiger partial charge in [0.15, 0.2) is 0 Å². The first kappa shape index (κ1) is 12.3. The van der Waals surface area contributed by atoms with Gasteiger partial charge < -0.3 is 20.9 Å². The Balaban J connectivity index is 1.88. The normalized spacial score (nSPS) is 22.6. The average molecular weight is 240 g/mol. The molecule has 0 saturated carbocycles. The van der Waals surface area contributed by atoms with Gasteiger partial charge in [0.25, 0.3) is 0 Å². The van der Waals surface area contributed by atoms with Crippen LogP contribution in [0.25, 0.3) is 0 Å². The number of piperidine rings is 1. The Hall–Kier alpha value is -1.14. The summed E-state index contributed by atoms with van der Waals surface area (Å²) in [6.07, 6.45) is 1.58. The van der Waals surface area contributed by atoms with Crippen LogP contribution in [0.2, 0.25) is 0 Å². The molecule has 6 nitrogen and oxygen atoms in total. The first-order valence-electron chi connectivity index (χ1n) is 6.23. The van der Waals surface area contributed by atoms with Crippen molar-refractivity contribution in [3.8, 4) is 0 Å². The molecule has 2 rings (SSSR count). The van der Waals surface area contributed by atoms with E-state index in [1.807, 2.05) is 0 Å². The molecular weight excluding hydrogens is 220 g/mol. The van der Waals surface area contributed by atoms with Crippen molar-refractivity contribution in [1.82, 2.24) is 15.1 Å². The lowest BCUT2D eigenvalue weighted by Crippen LogP contribution is -2.53. The molecule has 2 heterocycles. The van der Waals surface area contributed by atoms with Gasteiger partial charge >= 0.3 is 11.8 Å². The molecule has 0 spiro atoms. The zero-order valence-corrected chi connectivity index (χ0v) is 10.0. The molecule has 2 saturated heterocycles. The summed E-state index contributed by atoms with van der Waals surface area (Å²) in [4.78, 5) is 27.2. The molecule has 2 fully saturated rings. The topological polar surface area (TPSA) is 78.7 Å². The summed E-state index contributed by atoms with van der Waals surface area (Å²) in [5.41, 5.74) is 5.77. The van der Waals surface area contributed by atoms with Crippen LogP contribution < -0.4 is 11.1 Å². The third-order valence-electron chi connectivity index (χ3n) is 3.41. The Morgan fingerprint density at radius 3 is 1.94 bits per heavy atom. The van der Waals surface area contributed by atoms with Gasteiger partial charge in [-0.15, -0.1) is 0 Å². The van der Waals surface area contributed by atoms with Crippen molar-refractivity contribution >= 4 is 11.8 Å². The third-order valence-corrected chi connectivity index (χ3v) is 3.41. The number of carbonyl (C=O) groups excluding carboxylic acids is 2. The van der Waals surface area contributed by atoms with E-state index in [-0.39, 0.29) is 17.9 Å². The molecule has 0 aromatic rings. The van der Waals surface area contributed by atoms with Crippen LogP contribution in [0.1, 0.15) is 12.8 Å². The van der Waals surface area contributed by atoms with Crippen molar-refractivity contribution in [2.45, 2.75) is 18.9 Å². The molecule has 0 aromatic heterocycles. The maximum absolute atomic E-state index is 12.0. The van der Waals surface area contributed by atoms with Gasteiger partial charge in [0.2, 0.25) is 0 Å². The quantitative estimate of drug-likeness (QED) is 0.498. The molecule has 2 aliphatic heterocycles. The zero-order valence-electron chi connectivity index (χ0n) is 10.0. The Bertz CT molecular complexity index is 294. The van der Waals surface area contributed by atoms with E-state index in [1.54, 1.807) is 9.80 Å². The number of amides is 2. The predicted octanol–water partition coefficient (Wildman–Crippen LogP) is -1.63. The number of carbonyl (C=O) groups is 2. The van der Waals surface area contributed by atoms with Crippen molar-refractivity contribution in [3.63, 3.8) is 0 Å². The maximum atomic E-state index is 12.0. The van der Waals surface area contributed by atoms with Crippen LogP contribution in [0.4, 0.5) is 0 Å². The van der Waals surface area contributed by atoms with E-state index >= 15 is 0 Å². The third kappa shape index (κ3) is 2.95. The molecule has 0 unspecified atom stereocenters. The first-order valence-corrected chi connectivity index (χ1v) is 6.23. The van der Waals surface area contributed by atoms with Crippen LogP contribution in [0.5, 0.6) is 0 Å². The smallest absolute Gasteiger partial charge is 0.312 e. The zero-order chi connectivity index (χ0) is 12.3. The Kier molecular flexibility index (Phi) is 3.96. The van der Waals surface area contributed by atoms with Crippen molar-refractivity contribution in [3.05, 3.63) is 0 Å². The van der Waals surface area contributed by atoms with Crippen molar-refractivity contribution in [2.75, 3.05) is 39.3 Å². The summed E-state index contributed by atoms with van der Waals surface area (Å²) >= 11 is 0. The lowest BCUT2D eigenvalue weighted by molar-refractivity contribution is -0.152. The number of nitrogens with zero attached hydrogens (tertiary/aromatic N) is 2. The molecule has 96 valence electrons. The summed E-state index contributed by atoms with van der Waals surface area (Å²) in [5, 5.41) is 3.16. The van der Waals surface area contributed by atoms with Crippen molar-refractivity contribution in [2.24, 2.45) is 5.73 Å². The highest BCUT2D eigenvalue weighted by Gasteiger charge is 2.29. The van der Waals surface area contributed by atoms with E-state index in [4.69, 9.17) is 5.73 Å². The predicted molar refractivity (Wildman–Crippen MR) is 63.2 cm³/mol. The summed E-state index contributed by atoms with van der Waals surface area (Å²) in [6.45, 7) is 4.00. The first-order chi connectivity index (χ1) is 8.18. The van der Waals surface area contributed by atoms with Crippen LogP contribution >= 0.6 is 0 Å². The minimum Gasteiger partial charge on any atom is -0.334 e. The van der Waals surface area contributed by atoms with E-state index in [0.717, 1.165) is 25.9 Å². The van der Waals surface area contributed by atoms with E-state index < -0.39 is 0 Å². The van der Waals surface area contributed by atoms with E-state index in [0.29, 0.717) is 26.2 Å². The highest BCUT2D eigenvalue weighted by atomic mass is 16.2. The van der Waals surface area contributed by atoms with Gasteiger partial charge in [-0.25, -0.2) is 0 Å². The fraction of sp³-hybridized carbons (Fsp3) is 0.818. The highest BCUT2D eigenvalue weighted by Crippen LogP contribution is 2.09. The standard InChI is InChI=1S/C11H20N4O2/c12-9-1-5-14(6-2-9)10(16)11(17)15-7-3-13-4-8-15/h9,13H,1-8,12H2. The number of nitrogens with one attached hydrogen (secondary N) is 1. The number of likely N-dealkylation sites (tertiary alicyclic amines) is 1. The second kappa shape index (κ2) is 5.46. The average Bonchev–Trinajstić information content (AvgIpc) is 2.39. The van der Waals surface area contributed by atoms with Gasteiger partial charge in [-0.3, -0.25) is 9.59 Å². The molecule has 0 radical (unpaired) electrons. The molecule has 0 aromatic carbocycles. The molecule has 3 N–H and O–H groups in total. The summed E-state index contributed by atoms with van der Waals surface area (Å²) < 4.78 is 0. The van der Waals surface area contributed by atoms with E-state index in [2.05, 4.69) is 5.32 Å². The lowest BCUT2D eigenvalue weighted by Gasteiger charge is -2.33. The molecule has 17 heavy (non-hydrogen) atoms. The number of rotatable bonds is 0. The van der Waals surface area contributed by atoms with Crippen LogP contribution in [0.15, 0.2) is 0 Å². The largest absolute Gasteiger partial charge is 0.334 e. The van der Waals surface area contributed by atoms with Gasteiger partial charge in [0.05, 0.1) is 0 Å². The summed E-state index contributed by atoms with van der Waals surface area (Å²) in [7, 11) is 0. The van der Waals surface area contributed by atoms with Crippen LogP contribution in [0, 0.1) is 0 Å². The second-order valence-electron chi connectivity index (χ2n) is 4.67. The van der Waals surface area contributed by atoms with Gasteiger partial charge in [-0.05, 0) is 12.8 Å². The Morgan fingerprint density at radius 1 is 0.941 bits per heavy atom. The van der Waals surface area contributed by atoms with Gasteiger partial charge in [0, 0.05) is 45.3 Å². The van der Waals surface area contributed by atoms with Gasteiger partial charge in [-0.1, -0.05) is 0 Å². The number of piperazine rings is 1. The van der Waals surface area contributed by atoms with Crippen molar-refractivity contribution in [1.29, 1.82) is 0 Å². The van der Waals surface area contributed by atoms with E-state index in [9.17, 15) is 9.59 Å². The summed E-state index contributed by atoms with van der Waals surface area (Å²) in [6, 6.07) is 0.174. The fourth-order valence-corrected chi connectivity index (χ4v) is 2.24. The molecular formula is C11H20N4O2. The second-order valence-corrected chi connectivity index (χ2v) is 4.67. The summed E-state index contributed by atoms with van der Waals surface area (Å²) in [5.74, 6) is -0.722. The van der Waals surface area contributed by atoms with Crippen LogP contribution in [0.3, 0.4) is 0 Å². The molecule has 2 amide bonds. The van der Waals surface area contributed by atoms with Gasteiger partial charge in [-0.2, -0.15) is 0 Å². The number of hydrogen-bond acceptors (Lipinski definition) is 4. The van der Waals surface area contributed by atoms with Crippen LogP contribution in [-0.2, 0) is 9.59 Å². The van der Waals surface area contributed by atoms with E-state index in [1.165, 1.54) is 0 Å². The molecule has 6 heteroatoms. The minimum absolute atomic E-state index is 0.174. The van der Waals surface area contributed by atoms with Crippen molar-refractivity contribution < 1.29 is 9.59 Å². The maximum Gasteiger partial charge on any atom is 0.312 e. The Morgan fingerprint density at radius 2 is 1.41 bits per heavy atom.